The quantitative estimate of drug-likeness (QED) is 0.804. The molecule has 0 aliphatic heterocycles. The SMILES string of the molecule is Cc1cc2nc(-c3cncs3)n(CC(=O)O)c2cc1C. The molecule has 2 heterocycles. The Balaban J connectivity index is 2.30. The van der Waals surface area contributed by atoms with Crippen LogP contribution in [0.5, 0.6) is 0 Å². The van der Waals surface area contributed by atoms with E-state index in [0.717, 1.165) is 27.0 Å². The summed E-state index contributed by atoms with van der Waals surface area (Å²) in [5, 5.41) is 9.13. The van der Waals surface area contributed by atoms with E-state index < -0.39 is 5.97 Å². The van der Waals surface area contributed by atoms with Crippen LogP contribution in [0.15, 0.2) is 23.8 Å². The zero-order valence-corrected chi connectivity index (χ0v) is 11.9. The Morgan fingerprint density at radius 3 is 2.75 bits per heavy atom. The molecule has 5 nitrogen and oxygen atoms in total. The van der Waals surface area contributed by atoms with Gasteiger partial charge in [0.2, 0.25) is 0 Å². The summed E-state index contributed by atoms with van der Waals surface area (Å²) in [6, 6.07) is 3.98. The summed E-state index contributed by atoms with van der Waals surface area (Å²) in [5.74, 6) is -0.219. The number of rotatable bonds is 3. The Bertz CT molecular complexity index is 790. The summed E-state index contributed by atoms with van der Waals surface area (Å²) in [7, 11) is 0. The standard InChI is InChI=1S/C14H13N3O2S/c1-8-3-10-11(4-9(8)2)17(6-13(18)19)14(16-10)12-5-15-7-20-12/h3-5,7H,6H2,1-2H3,(H,18,19). The number of fused-ring (bicyclic) bond motifs is 1. The van der Waals surface area contributed by atoms with Crippen molar-refractivity contribution >= 4 is 28.3 Å². The maximum Gasteiger partial charge on any atom is 0.323 e. The fourth-order valence-corrected chi connectivity index (χ4v) is 2.81. The van der Waals surface area contributed by atoms with Gasteiger partial charge in [0.1, 0.15) is 6.54 Å². The van der Waals surface area contributed by atoms with Gasteiger partial charge in [-0.2, -0.15) is 0 Å². The number of aliphatic carboxylic acids is 1. The third-order valence-electron chi connectivity index (χ3n) is 3.31. The van der Waals surface area contributed by atoms with Gasteiger partial charge in [-0.3, -0.25) is 9.78 Å². The van der Waals surface area contributed by atoms with Crippen LogP contribution in [0.1, 0.15) is 11.1 Å². The summed E-state index contributed by atoms with van der Waals surface area (Å²) in [6.45, 7) is 3.93. The van der Waals surface area contributed by atoms with Crippen molar-refractivity contribution in [2.45, 2.75) is 20.4 Å². The summed E-state index contributed by atoms with van der Waals surface area (Å²) in [6.07, 6.45) is 1.71. The minimum absolute atomic E-state index is 0.105. The predicted octanol–water partition coefficient (Wildman–Crippen LogP) is 2.86. The van der Waals surface area contributed by atoms with Crippen molar-refractivity contribution in [2.75, 3.05) is 0 Å². The number of aromatic nitrogens is 3. The Kier molecular flexibility index (Phi) is 3.02. The minimum atomic E-state index is -0.881. The molecule has 0 unspecified atom stereocenters. The molecular weight excluding hydrogens is 274 g/mol. The van der Waals surface area contributed by atoms with Crippen LogP contribution < -0.4 is 0 Å². The molecule has 0 fully saturated rings. The molecule has 3 aromatic rings. The van der Waals surface area contributed by atoms with Crippen molar-refractivity contribution < 1.29 is 9.90 Å². The van der Waals surface area contributed by atoms with Gasteiger partial charge in [0.05, 0.1) is 21.4 Å². The molecule has 0 amide bonds. The number of carboxylic acids is 1. The highest BCUT2D eigenvalue weighted by atomic mass is 32.1. The maximum absolute atomic E-state index is 11.1. The molecule has 1 aromatic carbocycles. The van der Waals surface area contributed by atoms with Crippen LogP contribution >= 0.6 is 11.3 Å². The zero-order valence-electron chi connectivity index (χ0n) is 11.1. The first-order valence-electron chi connectivity index (χ1n) is 6.14. The predicted molar refractivity (Wildman–Crippen MR) is 78.0 cm³/mol. The number of nitrogens with zero attached hydrogens (tertiary/aromatic N) is 3. The number of imidazole rings is 1. The van der Waals surface area contributed by atoms with Gasteiger partial charge in [-0.05, 0) is 37.1 Å². The number of hydrogen-bond acceptors (Lipinski definition) is 4. The monoisotopic (exact) mass is 287 g/mol. The van der Waals surface area contributed by atoms with Gasteiger partial charge < -0.3 is 9.67 Å². The van der Waals surface area contributed by atoms with E-state index in [2.05, 4.69) is 9.97 Å². The van der Waals surface area contributed by atoms with Crippen LogP contribution in [-0.2, 0) is 11.3 Å². The van der Waals surface area contributed by atoms with Gasteiger partial charge in [-0.1, -0.05) is 0 Å². The largest absolute Gasteiger partial charge is 0.480 e. The van der Waals surface area contributed by atoms with E-state index in [0.29, 0.717) is 5.82 Å². The lowest BCUT2D eigenvalue weighted by molar-refractivity contribution is -0.137. The lowest BCUT2D eigenvalue weighted by Crippen LogP contribution is -2.09. The van der Waals surface area contributed by atoms with Gasteiger partial charge in [-0.25, -0.2) is 4.98 Å². The highest BCUT2D eigenvalue weighted by molar-refractivity contribution is 7.13. The van der Waals surface area contributed by atoms with Crippen molar-refractivity contribution in [3.8, 4) is 10.7 Å². The second kappa shape index (κ2) is 4.72. The maximum atomic E-state index is 11.1. The Morgan fingerprint density at radius 1 is 1.35 bits per heavy atom. The molecule has 0 bridgehead atoms. The Labute approximate surface area is 119 Å². The molecule has 20 heavy (non-hydrogen) atoms. The van der Waals surface area contributed by atoms with Crippen LogP contribution in [0.3, 0.4) is 0 Å². The Morgan fingerprint density at radius 2 is 2.10 bits per heavy atom. The number of hydrogen-bond donors (Lipinski definition) is 1. The molecule has 6 heteroatoms. The molecule has 0 aliphatic carbocycles. The van der Waals surface area contributed by atoms with Crippen molar-refractivity contribution in [1.29, 1.82) is 0 Å². The smallest absolute Gasteiger partial charge is 0.323 e. The summed E-state index contributed by atoms with van der Waals surface area (Å²) < 4.78 is 1.73. The molecule has 0 spiro atoms. The minimum Gasteiger partial charge on any atom is -0.480 e. The van der Waals surface area contributed by atoms with Crippen molar-refractivity contribution in [3.05, 3.63) is 35.0 Å². The van der Waals surface area contributed by atoms with E-state index in [-0.39, 0.29) is 6.54 Å². The Hall–Kier alpha value is -2.21. The van der Waals surface area contributed by atoms with Crippen LogP contribution in [-0.4, -0.2) is 25.6 Å². The number of thiazole rings is 1. The van der Waals surface area contributed by atoms with Gasteiger partial charge in [0.15, 0.2) is 5.82 Å². The van der Waals surface area contributed by atoms with Crippen molar-refractivity contribution in [2.24, 2.45) is 0 Å². The number of benzene rings is 1. The van der Waals surface area contributed by atoms with Crippen LogP contribution in [0.4, 0.5) is 0 Å². The average molecular weight is 287 g/mol. The lowest BCUT2D eigenvalue weighted by Gasteiger charge is -2.05. The van der Waals surface area contributed by atoms with Crippen molar-refractivity contribution in [3.63, 3.8) is 0 Å². The molecule has 0 radical (unpaired) electrons. The fraction of sp³-hybridized carbons (Fsp3) is 0.214. The molecule has 1 N–H and O–H groups in total. The summed E-state index contributed by atoms with van der Waals surface area (Å²) in [5.41, 5.74) is 5.65. The molecule has 0 saturated carbocycles. The third-order valence-corrected chi connectivity index (χ3v) is 4.08. The van der Waals surface area contributed by atoms with Crippen LogP contribution in [0.2, 0.25) is 0 Å². The van der Waals surface area contributed by atoms with Gasteiger partial charge in [0.25, 0.3) is 0 Å². The molecule has 0 saturated heterocycles. The first kappa shape index (κ1) is 12.8. The fourth-order valence-electron chi connectivity index (χ4n) is 2.19. The second-order valence-electron chi connectivity index (χ2n) is 4.71. The van der Waals surface area contributed by atoms with E-state index in [9.17, 15) is 4.79 Å². The lowest BCUT2D eigenvalue weighted by atomic mass is 10.1. The topological polar surface area (TPSA) is 68.0 Å². The van der Waals surface area contributed by atoms with Gasteiger partial charge in [-0.15, -0.1) is 11.3 Å². The summed E-state index contributed by atoms with van der Waals surface area (Å²) in [4.78, 5) is 20.6. The molecule has 3 rings (SSSR count). The van der Waals surface area contributed by atoms with E-state index in [1.165, 1.54) is 11.3 Å². The molecule has 0 aliphatic rings. The van der Waals surface area contributed by atoms with Crippen LogP contribution in [0, 0.1) is 13.8 Å². The van der Waals surface area contributed by atoms with E-state index in [1.807, 2.05) is 26.0 Å². The average Bonchev–Trinajstić information content (AvgIpc) is 2.99. The van der Waals surface area contributed by atoms with Gasteiger partial charge in [0, 0.05) is 6.20 Å². The second-order valence-corrected chi connectivity index (χ2v) is 5.59. The zero-order chi connectivity index (χ0) is 14.3. The number of aryl methyl sites for hydroxylation is 2. The normalized spacial score (nSPS) is 11.1. The van der Waals surface area contributed by atoms with E-state index in [4.69, 9.17) is 5.11 Å². The van der Waals surface area contributed by atoms with Gasteiger partial charge >= 0.3 is 5.97 Å². The first-order chi connectivity index (χ1) is 9.56. The molecule has 0 atom stereocenters. The molecular formula is C14H13N3O2S. The molecule has 102 valence electrons. The third kappa shape index (κ3) is 2.08. The molecule has 2 aromatic heterocycles. The number of carbonyl (C=O) groups is 1. The van der Waals surface area contributed by atoms with E-state index in [1.54, 1.807) is 16.3 Å². The first-order valence-corrected chi connectivity index (χ1v) is 7.02. The highest BCUT2D eigenvalue weighted by Crippen LogP contribution is 2.28. The van der Waals surface area contributed by atoms with Crippen LogP contribution in [0.25, 0.3) is 21.7 Å². The highest BCUT2D eigenvalue weighted by Gasteiger charge is 2.16. The van der Waals surface area contributed by atoms with E-state index >= 15 is 0 Å². The van der Waals surface area contributed by atoms with Crippen molar-refractivity contribution in [1.82, 2.24) is 14.5 Å². The number of carboxylic acid groups (broad SMARTS) is 1. The summed E-state index contributed by atoms with van der Waals surface area (Å²) >= 11 is 1.45.